The van der Waals surface area contributed by atoms with E-state index in [2.05, 4.69) is 57.3 Å². The number of aryl methyl sites for hydroxylation is 1. The zero-order chi connectivity index (χ0) is 25.5. The number of amides is 1. The van der Waals surface area contributed by atoms with Crippen LogP contribution in [-0.2, 0) is 20.7 Å². The smallest absolute Gasteiger partial charge is 0.242 e. The minimum Gasteiger partial charge on any atom is -0.364 e. The van der Waals surface area contributed by atoms with Gasteiger partial charge in [-0.2, -0.15) is 4.52 Å². The quantitative estimate of drug-likeness (QED) is 0.534. The van der Waals surface area contributed by atoms with Crippen molar-refractivity contribution in [3.8, 4) is 11.3 Å². The van der Waals surface area contributed by atoms with E-state index in [-0.39, 0.29) is 18.0 Å². The summed E-state index contributed by atoms with van der Waals surface area (Å²) in [5.41, 5.74) is 3.07. The van der Waals surface area contributed by atoms with Crippen LogP contribution in [-0.4, -0.2) is 76.6 Å². The van der Waals surface area contributed by atoms with E-state index in [0.717, 1.165) is 46.4 Å². The Kier molecular flexibility index (Phi) is 6.69. The van der Waals surface area contributed by atoms with Gasteiger partial charge in [-0.25, -0.2) is 4.98 Å². The van der Waals surface area contributed by atoms with Crippen LogP contribution in [0.1, 0.15) is 46.1 Å². The van der Waals surface area contributed by atoms with Crippen LogP contribution < -0.4 is 10.2 Å². The molecule has 9 nitrogen and oxygen atoms in total. The highest BCUT2D eigenvalue weighted by Crippen LogP contribution is 2.35. The molecule has 1 spiro atoms. The number of hydrogen-bond donors (Lipinski definition) is 1. The van der Waals surface area contributed by atoms with Crippen LogP contribution in [0.2, 0.25) is 0 Å². The number of benzene rings is 1. The van der Waals surface area contributed by atoms with Crippen molar-refractivity contribution in [2.24, 2.45) is 0 Å². The van der Waals surface area contributed by atoms with Crippen LogP contribution >= 0.6 is 11.3 Å². The van der Waals surface area contributed by atoms with E-state index in [1.807, 2.05) is 21.4 Å². The first kappa shape index (κ1) is 25.0. The van der Waals surface area contributed by atoms with Crippen molar-refractivity contribution in [1.82, 2.24) is 19.5 Å². The molecular formula is C26H36N6O3S. The van der Waals surface area contributed by atoms with E-state index in [1.54, 1.807) is 0 Å². The lowest BCUT2D eigenvalue weighted by molar-refractivity contribution is -0.187. The maximum atomic E-state index is 13.0. The Morgan fingerprint density at radius 2 is 1.83 bits per heavy atom. The Morgan fingerprint density at radius 1 is 1.17 bits per heavy atom. The van der Waals surface area contributed by atoms with Gasteiger partial charge in [0.05, 0.1) is 19.8 Å². The second-order valence-corrected chi connectivity index (χ2v) is 11.6. The summed E-state index contributed by atoms with van der Waals surface area (Å²) in [6, 6.07) is 8.54. The van der Waals surface area contributed by atoms with Crippen LogP contribution in [0.4, 0.5) is 10.9 Å². The summed E-state index contributed by atoms with van der Waals surface area (Å²) in [5.74, 6) is 0.471. The highest BCUT2D eigenvalue weighted by Gasteiger charge is 2.40. The predicted molar refractivity (Wildman–Crippen MR) is 143 cm³/mol. The Balaban J connectivity index is 1.34. The lowest BCUT2D eigenvalue weighted by Gasteiger charge is -2.38. The number of aromatic nitrogens is 3. The molecule has 0 radical (unpaired) electrons. The first-order chi connectivity index (χ1) is 17.2. The second kappa shape index (κ2) is 9.64. The van der Waals surface area contributed by atoms with Gasteiger partial charge in [-0.3, -0.25) is 4.79 Å². The summed E-state index contributed by atoms with van der Waals surface area (Å²) >= 11 is 1.49. The molecule has 1 aromatic carbocycles. The first-order valence-corrected chi connectivity index (χ1v) is 13.5. The topological polar surface area (TPSA) is 84.2 Å². The normalized spacial score (nSPS) is 17.8. The number of carbonyl (C=O) groups excluding carboxylic acids is 1. The molecule has 10 heteroatoms. The third-order valence-electron chi connectivity index (χ3n) is 6.71. The van der Waals surface area contributed by atoms with Crippen molar-refractivity contribution < 1.29 is 14.3 Å². The molecule has 2 aliphatic heterocycles. The second-order valence-electron chi connectivity index (χ2n) is 10.7. The predicted octanol–water partition coefficient (Wildman–Crippen LogP) is 4.03. The number of rotatable bonds is 6. The van der Waals surface area contributed by atoms with Gasteiger partial charge in [0.1, 0.15) is 5.69 Å². The molecule has 0 saturated carbocycles. The average Bonchev–Trinajstić information content (AvgIpc) is 3.55. The van der Waals surface area contributed by atoms with Crippen molar-refractivity contribution in [3.63, 3.8) is 0 Å². The van der Waals surface area contributed by atoms with E-state index >= 15 is 0 Å². The first-order valence-electron chi connectivity index (χ1n) is 12.7. The van der Waals surface area contributed by atoms with E-state index in [4.69, 9.17) is 19.6 Å². The Hall–Kier alpha value is -2.69. The molecular weight excluding hydrogens is 476 g/mol. The standard InChI is InChI=1S/C26H36N6O3S/c1-6-18-7-9-19(10-8-18)21-22(28-25(2,3)4)32-23(27-21)36-24(29-32)30(5)17-20(33)31-13-11-26(12-14-31)34-15-16-35-26/h7-10,28H,6,11-17H2,1-5H3. The molecule has 0 bridgehead atoms. The van der Waals surface area contributed by atoms with E-state index in [0.29, 0.717) is 26.3 Å². The molecule has 1 amide bonds. The molecule has 0 aliphatic carbocycles. The zero-order valence-corrected chi connectivity index (χ0v) is 22.7. The van der Waals surface area contributed by atoms with Crippen LogP contribution in [0.25, 0.3) is 16.2 Å². The molecule has 1 N–H and O–H groups in total. The molecule has 2 fully saturated rings. The number of imidazole rings is 1. The van der Waals surface area contributed by atoms with Gasteiger partial charge in [0, 0.05) is 44.1 Å². The number of nitrogens with one attached hydrogen (secondary N) is 1. The largest absolute Gasteiger partial charge is 0.364 e. The van der Waals surface area contributed by atoms with Crippen LogP contribution in [0.3, 0.4) is 0 Å². The molecule has 2 aliphatic rings. The maximum absolute atomic E-state index is 13.0. The minimum absolute atomic E-state index is 0.0860. The number of fused-ring (bicyclic) bond motifs is 1. The van der Waals surface area contributed by atoms with Gasteiger partial charge < -0.3 is 24.6 Å². The van der Waals surface area contributed by atoms with E-state index in [9.17, 15) is 4.79 Å². The number of carbonyl (C=O) groups is 1. The Morgan fingerprint density at radius 3 is 2.44 bits per heavy atom. The molecule has 2 saturated heterocycles. The third-order valence-corrected chi connectivity index (χ3v) is 7.74. The molecule has 3 aromatic rings. The third kappa shape index (κ3) is 5.07. The van der Waals surface area contributed by atoms with E-state index in [1.165, 1.54) is 16.9 Å². The Bertz CT molecular complexity index is 1210. The van der Waals surface area contributed by atoms with Crippen LogP contribution in [0, 0.1) is 0 Å². The summed E-state index contributed by atoms with van der Waals surface area (Å²) in [6.07, 6.45) is 2.44. The fourth-order valence-corrected chi connectivity index (χ4v) is 5.57. The zero-order valence-electron chi connectivity index (χ0n) is 21.8. The number of piperidine rings is 1. The monoisotopic (exact) mass is 512 g/mol. The van der Waals surface area contributed by atoms with Gasteiger partial charge in [-0.1, -0.05) is 42.5 Å². The van der Waals surface area contributed by atoms with Crippen molar-refractivity contribution in [1.29, 1.82) is 0 Å². The van der Waals surface area contributed by atoms with Gasteiger partial charge in [0.25, 0.3) is 0 Å². The molecule has 0 atom stereocenters. The summed E-state index contributed by atoms with van der Waals surface area (Å²) in [7, 11) is 1.91. The number of likely N-dealkylation sites (tertiary alicyclic amines) is 1. The fraction of sp³-hybridized carbons (Fsp3) is 0.577. The number of anilines is 2. The number of hydrogen-bond acceptors (Lipinski definition) is 8. The highest BCUT2D eigenvalue weighted by molar-refractivity contribution is 7.20. The van der Waals surface area contributed by atoms with Gasteiger partial charge >= 0.3 is 0 Å². The van der Waals surface area contributed by atoms with Gasteiger partial charge in [0.2, 0.25) is 16.0 Å². The SMILES string of the molecule is CCc1ccc(-c2nc3sc(N(C)CC(=O)N4CCC5(CC4)OCCO5)nn3c2NC(C)(C)C)cc1. The van der Waals surface area contributed by atoms with Crippen molar-refractivity contribution >= 4 is 33.2 Å². The molecule has 36 heavy (non-hydrogen) atoms. The van der Waals surface area contributed by atoms with Gasteiger partial charge in [-0.05, 0) is 32.8 Å². The van der Waals surface area contributed by atoms with Crippen LogP contribution in [0.15, 0.2) is 24.3 Å². The van der Waals surface area contributed by atoms with Crippen molar-refractivity contribution in [2.45, 2.75) is 58.3 Å². The summed E-state index contributed by atoms with van der Waals surface area (Å²) in [5, 5.41) is 9.21. The van der Waals surface area contributed by atoms with E-state index < -0.39 is 5.79 Å². The summed E-state index contributed by atoms with van der Waals surface area (Å²) in [4.78, 5) is 22.6. The Labute approximate surface area is 216 Å². The molecule has 4 heterocycles. The molecule has 5 rings (SSSR count). The minimum atomic E-state index is -0.478. The highest BCUT2D eigenvalue weighted by atomic mass is 32.1. The lowest BCUT2D eigenvalue weighted by Crippen LogP contribution is -2.49. The summed E-state index contributed by atoms with van der Waals surface area (Å²) < 4.78 is 13.4. The van der Waals surface area contributed by atoms with Crippen LogP contribution in [0.5, 0.6) is 0 Å². The maximum Gasteiger partial charge on any atom is 0.242 e. The number of nitrogens with zero attached hydrogens (tertiary/aromatic N) is 5. The lowest BCUT2D eigenvalue weighted by atomic mass is 10.0. The van der Waals surface area contributed by atoms with Gasteiger partial charge in [-0.15, -0.1) is 5.10 Å². The van der Waals surface area contributed by atoms with Crippen molar-refractivity contribution in [3.05, 3.63) is 29.8 Å². The molecule has 0 unspecified atom stereocenters. The average molecular weight is 513 g/mol. The molecule has 2 aromatic heterocycles. The van der Waals surface area contributed by atoms with Crippen molar-refractivity contribution in [2.75, 3.05) is 50.1 Å². The number of likely N-dealkylation sites (N-methyl/N-ethyl adjacent to an activating group) is 1. The fourth-order valence-electron chi connectivity index (χ4n) is 4.71. The number of ether oxygens (including phenoxy) is 2. The molecule has 194 valence electrons. The van der Waals surface area contributed by atoms with Gasteiger partial charge in [0.15, 0.2) is 11.6 Å². The summed E-state index contributed by atoms with van der Waals surface area (Å²) in [6.45, 7) is 11.4.